The molecule has 0 saturated heterocycles. The topological polar surface area (TPSA) is 75.9 Å². The molecule has 6 nitrogen and oxygen atoms in total. The van der Waals surface area contributed by atoms with E-state index < -0.39 is 0 Å². The number of aliphatic imine (C=N–C) groups is 1. The van der Waals surface area contributed by atoms with Crippen LogP contribution in [0, 0.1) is 0 Å². The van der Waals surface area contributed by atoms with Crippen LogP contribution in [0.15, 0.2) is 27.8 Å². The van der Waals surface area contributed by atoms with Crippen LogP contribution in [0.5, 0.6) is 0 Å². The molecule has 0 amide bonds. The van der Waals surface area contributed by atoms with Gasteiger partial charge in [0.25, 0.3) is 0 Å². The number of rotatable bonds is 8. The predicted molar refractivity (Wildman–Crippen MR) is 92.8 cm³/mol. The predicted octanol–water partition coefficient (Wildman–Crippen LogP) is 2.30. The van der Waals surface area contributed by atoms with Crippen LogP contribution >= 0.6 is 24.0 Å². The number of guanidine groups is 1. The van der Waals surface area contributed by atoms with Crippen LogP contribution in [0.25, 0.3) is 0 Å². The molecule has 1 heterocycles. The lowest BCUT2D eigenvalue weighted by molar-refractivity contribution is -0.140. The highest BCUT2D eigenvalue weighted by atomic mass is 127. The van der Waals surface area contributed by atoms with Crippen molar-refractivity contribution in [2.75, 3.05) is 20.2 Å². The zero-order valence-corrected chi connectivity index (χ0v) is 14.9. The van der Waals surface area contributed by atoms with E-state index in [-0.39, 0.29) is 29.9 Å². The van der Waals surface area contributed by atoms with Gasteiger partial charge < -0.3 is 19.8 Å². The highest BCUT2D eigenvalue weighted by Gasteiger charge is 2.01. The Bertz CT molecular complexity index is 408. The minimum Gasteiger partial charge on any atom is -0.469 e. The molecule has 1 rings (SSSR count). The van der Waals surface area contributed by atoms with Crippen LogP contribution in [-0.2, 0) is 16.1 Å². The molecular weight excluding hydrogens is 385 g/mol. The molecule has 21 heavy (non-hydrogen) atoms. The molecule has 0 aliphatic rings. The maximum atomic E-state index is 11.0. The summed E-state index contributed by atoms with van der Waals surface area (Å²) in [5.74, 6) is 1.42. The third-order valence-electron chi connectivity index (χ3n) is 2.65. The van der Waals surface area contributed by atoms with Crippen molar-refractivity contribution in [1.82, 2.24) is 10.6 Å². The Morgan fingerprint density at radius 1 is 1.38 bits per heavy atom. The molecule has 1 aromatic rings. The second-order valence-corrected chi connectivity index (χ2v) is 4.23. The lowest BCUT2D eigenvalue weighted by Gasteiger charge is -2.10. The molecule has 0 saturated carbocycles. The van der Waals surface area contributed by atoms with Gasteiger partial charge in [0.15, 0.2) is 5.96 Å². The highest BCUT2D eigenvalue weighted by molar-refractivity contribution is 14.0. The van der Waals surface area contributed by atoms with Crippen molar-refractivity contribution < 1.29 is 13.9 Å². The zero-order chi connectivity index (χ0) is 14.6. The van der Waals surface area contributed by atoms with Crippen molar-refractivity contribution in [3.63, 3.8) is 0 Å². The number of hydrogen-bond donors (Lipinski definition) is 2. The average molecular weight is 409 g/mol. The number of ether oxygens (including phenoxy) is 1. The lowest BCUT2D eigenvalue weighted by Crippen LogP contribution is -2.37. The molecule has 0 spiro atoms. The molecular formula is C14H24IN3O3. The average Bonchev–Trinajstić information content (AvgIpc) is 2.97. The number of hydrogen-bond acceptors (Lipinski definition) is 4. The first-order valence-corrected chi connectivity index (χ1v) is 6.87. The Kier molecular flexibility index (Phi) is 11.7. The lowest BCUT2D eigenvalue weighted by atomic mass is 10.2. The van der Waals surface area contributed by atoms with Gasteiger partial charge in [-0.05, 0) is 31.9 Å². The van der Waals surface area contributed by atoms with E-state index >= 15 is 0 Å². The van der Waals surface area contributed by atoms with E-state index in [9.17, 15) is 4.79 Å². The maximum Gasteiger partial charge on any atom is 0.305 e. The second kappa shape index (κ2) is 12.5. The first kappa shape index (κ1) is 19.8. The van der Waals surface area contributed by atoms with Crippen LogP contribution in [0.2, 0.25) is 0 Å². The Balaban J connectivity index is 0.00000400. The summed E-state index contributed by atoms with van der Waals surface area (Å²) in [7, 11) is 1.41. The van der Waals surface area contributed by atoms with Crippen molar-refractivity contribution >= 4 is 35.9 Å². The highest BCUT2D eigenvalue weighted by Crippen LogP contribution is 2.01. The normalized spacial score (nSPS) is 10.7. The molecule has 0 fully saturated rings. The number of methoxy groups -OCH3 is 1. The largest absolute Gasteiger partial charge is 0.469 e. The van der Waals surface area contributed by atoms with Gasteiger partial charge in [0.1, 0.15) is 12.3 Å². The number of nitrogens with zero attached hydrogens (tertiary/aromatic N) is 1. The fourth-order valence-corrected chi connectivity index (χ4v) is 1.60. The molecule has 0 bridgehead atoms. The van der Waals surface area contributed by atoms with Crippen LogP contribution in [0.1, 0.15) is 31.9 Å². The SMILES string of the molecule is CCNC(=NCc1ccco1)NCCCCC(=O)OC.I. The summed E-state index contributed by atoms with van der Waals surface area (Å²) in [5.41, 5.74) is 0. The summed E-state index contributed by atoms with van der Waals surface area (Å²) in [6, 6.07) is 3.74. The number of halogens is 1. The van der Waals surface area contributed by atoms with Gasteiger partial charge in [0.2, 0.25) is 0 Å². The fraction of sp³-hybridized carbons (Fsp3) is 0.571. The van der Waals surface area contributed by atoms with Gasteiger partial charge in [-0.2, -0.15) is 0 Å². The van der Waals surface area contributed by atoms with Crippen LogP contribution in [0.4, 0.5) is 0 Å². The summed E-state index contributed by atoms with van der Waals surface area (Å²) in [4.78, 5) is 15.4. The van der Waals surface area contributed by atoms with Crippen LogP contribution < -0.4 is 10.6 Å². The Morgan fingerprint density at radius 3 is 2.81 bits per heavy atom. The summed E-state index contributed by atoms with van der Waals surface area (Å²) >= 11 is 0. The van der Waals surface area contributed by atoms with E-state index in [1.165, 1.54) is 7.11 Å². The summed E-state index contributed by atoms with van der Waals surface area (Å²) in [5, 5.41) is 6.38. The van der Waals surface area contributed by atoms with Crippen LogP contribution in [-0.4, -0.2) is 32.1 Å². The number of furan rings is 1. The molecule has 0 unspecified atom stereocenters. The maximum absolute atomic E-state index is 11.0. The summed E-state index contributed by atoms with van der Waals surface area (Å²) < 4.78 is 9.82. The molecule has 1 aromatic heterocycles. The van der Waals surface area contributed by atoms with Crippen molar-refractivity contribution in [1.29, 1.82) is 0 Å². The van der Waals surface area contributed by atoms with Gasteiger partial charge in [0.05, 0.1) is 13.4 Å². The Morgan fingerprint density at radius 2 is 2.19 bits per heavy atom. The summed E-state index contributed by atoms with van der Waals surface area (Å²) in [6.07, 6.45) is 3.79. The quantitative estimate of drug-likeness (QED) is 0.227. The number of carbonyl (C=O) groups excluding carboxylic acids is 1. The summed E-state index contributed by atoms with van der Waals surface area (Å²) in [6.45, 7) is 4.08. The number of unbranched alkanes of at least 4 members (excludes halogenated alkanes) is 1. The minimum absolute atomic E-state index is 0. The number of nitrogens with one attached hydrogen (secondary N) is 2. The van der Waals surface area contributed by atoms with Gasteiger partial charge in [-0.1, -0.05) is 0 Å². The third kappa shape index (κ3) is 9.33. The monoisotopic (exact) mass is 409 g/mol. The minimum atomic E-state index is -0.164. The molecule has 7 heteroatoms. The van der Waals surface area contributed by atoms with E-state index in [1.54, 1.807) is 6.26 Å². The molecule has 0 atom stereocenters. The second-order valence-electron chi connectivity index (χ2n) is 4.23. The first-order chi connectivity index (χ1) is 9.76. The number of carbonyl (C=O) groups is 1. The number of esters is 1. The van der Waals surface area contributed by atoms with E-state index in [1.807, 2.05) is 19.1 Å². The van der Waals surface area contributed by atoms with E-state index in [4.69, 9.17) is 4.42 Å². The molecule has 120 valence electrons. The first-order valence-electron chi connectivity index (χ1n) is 6.87. The molecule has 0 aliphatic heterocycles. The van der Waals surface area contributed by atoms with Crippen LogP contribution in [0.3, 0.4) is 0 Å². The van der Waals surface area contributed by atoms with Gasteiger partial charge in [0, 0.05) is 19.5 Å². The van der Waals surface area contributed by atoms with Crippen molar-refractivity contribution in [2.45, 2.75) is 32.7 Å². The molecule has 0 aliphatic carbocycles. The smallest absolute Gasteiger partial charge is 0.305 e. The van der Waals surface area contributed by atoms with Gasteiger partial charge in [-0.15, -0.1) is 24.0 Å². The van der Waals surface area contributed by atoms with E-state index in [0.717, 1.165) is 37.7 Å². The van der Waals surface area contributed by atoms with E-state index in [2.05, 4.69) is 20.4 Å². The fourth-order valence-electron chi connectivity index (χ4n) is 1.60. The van der Waals surface area contributed by atoms with Gasteiger partial charge >= 0.3 is 5.97 Å². The van der Waals surface area contributed by atoms with Crippen molar-refractivity contribution in [3.8, 4) is 0 Å². The van der Waals surface area contributed by atoms with Gasteiger partial charge in [-0.25, -0.2) is 4.99 Å². The molecule has 0 aromatic carbocycles. The van der Waals surface area contributed by atoms with Gasteiger partial charge in [-0.3, -0.25) is 4.79 Å². The van der Waals surface area contributed by atoms with Crippen molar-refractivity contribution in [3.05, 3.63) is 24.2 Å². The Labute approximate surface area is 142 Å². The standard InChI is InChI=1S/C14H23N3O3.HI/c1-3-15-14(17-11-12-7-6-10-20-12)16-9-5-4-8-13(18)19-2;/h6-7,10H,3-5,8-9,11H2,1-2H3,(H2,15,16,17);1H. The molecule has 0 radical (unpaired) electrons. The van der Waals surface area contributed by atoms with E-state index in [0.29, 0.717) is 13.0 Å². The zero-order valence-electron chi connectivity index (χ0n) is 12.6. The third-order valence-corrected chi connectivity index (χ3v) is 2.65. The van der Waals surface area contributed by atoms with Crippen molar-refractivity contribution in [2.24, 2.45) is 4.99 Å². The molecule has 2 N–H and O–H groups in total. The Hall–Kier alpha value is -1.25.